The highest BCUT2D eigenvalue weighted by atomic mass is 32.1. The molecule has 1 aliphatic heterocycles. The molecular weight excluding hydrogens is 304 g/mol. The Hall–Kier alpha value is -2.48. The van der Waals surface area contributed by atoms with E-state index in [4.69, 9.17) is 0 Å². The summed E-state index contributed by atoms with van der Waals surface area (Å²) in [5.41, 5.74) is -0.394. The van der Waals surface area contributed by atoms with E-state index in [1.54, 1.807) is 17.6 Å². The van der Waals surface area contributed by atoms with Gasteiger partial charge in [0.25, 0.3) is 11.5 Å². The quantitative estimate of drug-likeness (QED) is 0.885. The number of nitrogens with zero attached hydrogens (tertiary/aromatic N) is 2. The number of carbonyl (C=O) groups is 2. The highest BCUT2D eigenvalue weighted by Gasteiger charge is 2.35. The van der Waals surface area contributed by atoms with Gasteiger partial charge >= 0.3 is 0 Å². The molecule has 2 aromatic rings. The van der Waals surface area contributed by atoms with Crippen LogP contribution in [-0.4, -0.2) is 39.3 Å². The Balaban J connectivity index is 1.78. The Morgan fingerprint density at radius 1 is 1.45 bits per heavy atom. The third-order valence-electron chi connectivity index (χ3n) is 3.53. The third-order valence-corrected chi connectivity index (χ3v) is 4.22. The van der Waals surface area contributed by atoms with Crippen molar-refractivity contribution in [1.82, 2.24) is 14.9 Å². The van der Waals surface area contributed by atoms with Crippen LogP contribution < -0.4 is 10.9 Å². The van der Waals surface area contributed by atoms with Gasteiger partial charge in [0.1, 0.15) is 11.6 Å². The largest absolute Gasteiger partial charge is 0.328 e. The summed E-state index contributed by atoms with van der Waals surface area (Å²) < 4.78 is 0. The second-order valence-electron chi connectivity index (χ2n) is 4.90. The molecule has 114 valence electrons. The standard InChI is InChI=1S/C14H14N4O3S/c19-11-9(3-1-5-15-11)13(21)18-7-2-4-10(18)12(20)17-14-16-6-8-22-14/h1,3,5-6,8,10H,2,4,7H2,(H,15,19)(H,16,17,20). The molecule has 1 unspecified atom stereocenters. The Morgan fingerprint density at radius 3 is 3.05 bits per heavy atom. The zero-order valence-electron chi connectivity index (χ0n) is 11.6. The number of hydrogen-bond acceptors (Lipinski definition) is 5. The van der Waals surface area contributed by atoms with Gasteiger partial charge in [0.15, 0.2) is 5.13 Å². The van der Waals surface area contributed by atoms with Crippen LogP contribution in [0.15, 0.2) is 34.7 Å². The number of amides is 2. The molecule has 3 heterocycles. The highest BCUT2D eigenvalue weighted by molar-refractivity contribution is 7.13. The first-order valence-electron chi connectivity index (χ1n) is 6.86. The molecule has 0 saturated carbocycles. The van der Waals surface area contributed by atoms with Gasteiger partial charge in [-0.1, -0.05) is 0 Å². The van der Waals surface area contributed by atoms with Gasteiger partial charge in [-0.15, -0.1) is 11.3 Å². The molecule has 0 aliphatic carbocycles. The highest BCUT2D eigenvalue weighted by Crippen LogP contribution is 2.21. The number of hydrogen-bond donors (Lipinski definition) is 2. The van der Waals surface area contributed by atoms with E-state index in [1.165, 1.54) is 28.5 Å². The van der Waals surface area contributed by atoms with E-state index >= 15 is 0 Å². The summed E-state index contributed by atoms with van der Waals surface area (Å²) in [6.07, 6.45) is 4.37. The SMILES string of the molecule is O=C(Nc1nccs1)C1CCCN1C(=O)c1ccc[nH]c1=O. The van der Waals surface area contributed by atoms with Gasteiger partial charge in [-0.3, -0.25) is 14.4 Å². The van der Waals surface area contributed by atoms with E-state index in [9.17, 15) is 14.4 Å². The topological polar surface area (TPSA) is 95.2 Å². The molecule has 0 bridgehead atoms. The predicted molar refractivity (Wildman–Crippen MR) is 81.9 cm³/mol. The van der Waals surface area contributed by atoms with Crippen molar-refractivity contribution in [2.75, 3.05) is 11.9 Å². The Labute approximate surface area is 130 Å². The summed E-state index contributed by atoms with van der Waals surface area (Å²) in [4.78, 5) is 44.5. The molecular formula is C14H14N4O3S. The maximum Gasteiger partial charge on any atom is 0.260 e. The van der Waals surface area contributed by atoms with Crippen molar-refractivity contribution in [2.45, 2.75) is 18.9 Å². The molecule has 22 heavy (non-hydrogen) atoms. The maximum atomic E-state index is 12.5. The van der Waals surface area contributed by atoms with Gasteiger partial charge in [-0.2, -0.15) is 0 Å². The monoisotopic (exact) mass is 318 g/mol. The number of H-pyrrole nitrogens is 1. The van der Waals surface area contributed by atoms with Crippen LogP contribution in [0.5, 0.6) is 0 Å². The van der Waals surface area contributed by atoms with Crippen molar-refractivity contribution in [2.24, 2.45) is 0 Å². The minimum Gasteiger partial charge on any atom is -0.328 e. The molecule has 0 radical (unpaired) electrons. The van der Waals surface area contributed by atoms with Crippen molar-refractivity contribution >= 4 is 28.3 Å². The first-order valence-corrected chi connectivity index (χ1v) is 7.74. The van der Waals surface area contributed by atoms with E-state index in [2.05, 4.69) is 15.3 Å². The second kappa shape index (κ2) is 6.10. The van der Waals surface area contributed by atoms with Crippen molar-refractivity contribution in [3.8, 4) is 0 Å². The van der Waals surface area contributed by atoms with E-state index in [1.807, 2.05) is 0 Å². The Bertz CT molecular complexity index is 741. The molecule has 2 amide bonds. The average molecular weight is 318 g/mol. The van der Waals surface area contributed by atoms with Gasteiger partial charge in [-0.25, -0.2) is 4.98 Å². The normalized spacial score (nSPS) is 17.5. The number of carbonyl (C=O) groups excluding carboxylic acids is 2. The molecule has 1 saturated heterocycles. The van der Waals surface area contributed by atoms with Gasteiger partial charge in [-0.05, 0) is 25.0 Å². The minimum absolute atomic E-state index is 0.0523. The molecule has 8 heteroatoms. The van der Waals surface area contributed by atoms with Crippen LogP contribution in [0.4, 0.5) is 5.13 Å². The fourth-order valence-corrected chi connectivity index (χ4v) is 3.03. The molecule has 1 aliphatic rings. The molecule has 1 atom stereocenters. The van der Waals surface area contributed by atoms with E-state index in [0.29, 0.717) is 18.1 Å². The molecule has 2 aromatic heterocycles. The summed E-state index contributed by atoms with van der Waals surface area (Å²) >= 11 is 1.32. The van der Waals surface area contributed by atoms with E-state index in [-0.39, 0.29) is 11.5 Å². The van der Waals surface area contributed by atoms with Crippen LogP contribution in [0, 0.1) is 0 Å². The van der Waals surface area contributed by atoms with Crippen LogP contribution in [-0.2, 0) is 4.79 Å². The first kappa shape index (κ1) is 14.5. The molecule has 0 spiro atoms. The third kappa shape index (κ3) is 2.77. The lowest BCUT2D eigenvalue weighted by Gasteiger charge is -2.23. The fourth-order valence-electron chi connectivity index (χ4n) is 2.50. The molecule has 2 N–H and O–H groups in total. The number of aromatic amines is 1. The molecule has 0 aromatic carbocycles. The average Bonchev–Trinajstić information content (AvgIpc) is 3.18. The van der Waals surface area contributed by atoms with Crippen molar-refractivity contribution in [3.63, 3.8) is 0 Å². The predicted octanol–water partition coefficient (Wildman–Crippen LogP) is 1.07. The summed E-state index contributed by atoms with van der Waals surface area (Å²) in [7, 11) is 0. The summed E-state index contributed by atoms with van der Waals surface area (Å²) in [5, 5.41) is 4.97. The van der Waals surface area contributed by atoms with Gasteiger partial charge < -0.3 is 15.2 Å². The lowest BCUT2D eigenvalue weighted by molar-refractivity contribution is -0.119. The second-order valence-corrected chi connectivity index (χ2v) is 5.79. The molecule has 1 fully saturated rings. The Kier molecular flexibility index (Phi) is 4.01. The van der Waals surface area contributed by atoms with Crippen LogP contribution >= 0.6 is 11.3 Å². The number of rotatable bonds is 3. The number of pyridine rings is 1. The fraction of sp³-hybridized carbons (Fsp3) is 0.286. The molecule has 3 rings (SSSR count). The van der Waals surface area contributed by atoms with Crippen molar-refractivity contribution in [1.29, 1.82) is 0 Å². The summed E-state index contributed by atoms with van der Waals surface area (Å²) in [6.45, 7) is 0.461. The van der Waals surface area contributed by atoms with Crippen LogP contribution in [0.25, 0.3) is 0 Å². The van der Waals surface area contributed by atoms with E-state index in [0.717, 1.165) is 6.42 Å². The summed E-state index contributed by atoms with van der Waals surface area (Å²) in [5.74, 6) is -0.688. The maximum absolute atomic E-state index is 12.5. The van der Waals surface area contributed by atoms with Crippen LogP contribution in [0.2, 0.25) is 0 Å². The summed E-state index contributed by atoms with van der Waals surface area (Å²) in [6, 6.07) is 2.49. The van der Waals surface area contributed by atoms with Crippen molar-refractivity contribution in [3.05, 3.63) is 45.8 Å². The number of anilines is 1. The number of likely N-dealkylation sites (tertiary alicyclic amines) is 1. The number of aromatic nitrogens is 2. The smallest absolute Gasteiger partial charge is 0.260 e. The van der Waals surface area contributed by atoms with Gasteiger partial charge in [0.05, 0.1) is 0 Å². The zero-order valence-corrected chi connectivity index (χ0v) is 12.4. The first-order chi connectivity index (χ1) is 10.7. The lowest BCUT2D eigenvalue weighted by atomic mass is 10.2. The van der Waals surface area contributed by atoms with Gasteiger partial charge in [0, 0.05) is 24.3 Å². The lowest BCUT2D eigenvalue weighted by Crippen LogP contribution is -2.44. The van der Waals surface area contributed by atoms with E-state index < -0.39 is 17.5 Å². The Morgan fingerprint density at radius 2 is 2.32 bits per heavy atom. The van der Waals surface area contributed by atoms with Crippen molar-refractivity contribution < 1.29 is 9.59 Å². The minimum atomic E-state index is -0.573. The van der Waals surface area contributed by atoms with Crippen LogP contribution in [0.3, 0.4) is 0 Å². The van der Waals surface area contributed by atoms with Gasteiger partial charge in [0.2, 0.25) is 5.91 Å². The number of nitrogens with one attached hydrogen (secondary N) is 2. The zero-order chi connectivity index (χ0) is 15.5. The molecule has 7 nitrogen and oxygen atoms in total. The number of thiazole rings is 1. The van der Waals surface area contributed by atoms with Crippen LogP contribution in [0.1, 0.15) is 23.2 Å².